The number of rotatable bonds is 0. The van der Waals surface area contributed by atoms with Crippen LogP contribution in [0.15, 0.2) is 0 Å². The van der Waals surface area contributed by atoms with E-state index in [0.29, 0.717) is 0 Å². The van der Waals surface area contributed by atoms with Gasteiger partial charge >= 0.3 is 0 Å². The molecule has 0 amide bonds. The molecule has 1 N–H and O–H groups in total. The molecule has 0 heterocycles. The highest BCUT2D eigenvalue weighted by Crippen LogP contribution is 1.47. The van der Waals surface area contributed by atoms with E-state index in [1.807, 2.05) is 40.1 Å². The lowest BCUT2D eigenvalue weighted by molar-refractivity contribution is 0.505. The van der Waals surface area contributed by atoms with E-state index in [9.17, 15) is 0 Å². The molecule has 0 aliphatic carbocycles. The van der Waals surface area contributed by atoms with Gasteiger partial charge in [0.2, 0.25) is 0 Å². The zero-order valence-electron chi connectivity index (χ0n) is 7.39. The second kappa shape index (κ2) is 24.0. The molecule has 0 spiro atoms. The van der Waals surface area contributed by atoms with Gasteiger partial charge in [-0.25, -0.2) is 0 Å². The molecule has 0 atom stereocenters. The highest BCUT2D eigenvalue weighted by atomic mass is 32.1. The van der Waals surface area contributed by atoms with Gasteiger partial charge in [0.05, 0.1) is 0 Å². The molecule has 0 saturated heterocycles. The van der Waals surface area contributed by atoms with Crippen LogP contribution in [0.5, 0.6) is 0 Å². The standard InChI is InChI=1S/C3H9N.C2H7N.CH4S/c1-4(2)3;1-3-2;1-2/h1-3H3;3H,1-2H3;2H,1H3. The lowest BCUT2D eigenvalue weighted by Gasteiger charge is -1.90. The summed E-state index contributed by atoms with van der Waals surface area (Å²) >= 11 is 3.53. The first-order chi connectivity index (χ1) is 4.15. The number of thiol groups is 1. The predicted molar refractivity (Wildman–Crippen MR) is 49.5 cm³/mol. The molecule has 2 nitrogen and oxygen atoms in total. The van der Waals surface area contributed by atoms with Gasteiger partial charge in [0.15, 0.2) is 0 Å². The fraction of sp³-hybridized carbons (Fsp3) is 1.00. The van der Waals surface area contributed by atoms with Crippen LogP contribution in [-0.2, 0) is 0 Å². The van der Waals surface area contributed by atoms with Crippen molar-refractivity contribution in [1.29, 1.82) is 0 Å². The topological polar surface area (TPSA) is 15.3 Å². The Morgan fingerprint density at radius 1 is 1.00 bits per heavy atom. The predicted octanol–water partition coefficient (Wildman–Crippen LogP) is 0.559. The molecule has 0 aromatic carbocycles. The van der Waals surface area contributed by atoms with E-state index in [1.165, 1.54) is 0 Å². The van der Waals surface area contributed by atoms with Crippen molar-refractivity contribution < 1.29 is 0 Å². The van der Waals surface area contributed by atoms with Gasteiger partial charge in [-0.3, -0.25) is 0 Å². The largest absolute Gasteiger partial charge is 0.323 e. The van der Waals surface area contributed by atoms with E-state index in [0.717, 1.165) is 0 Å². The maximum absolute atomic E-state index is 3.53. The fourth-order valence-corrected chi connectivity index (χ4v) is 0. The number of nitrogens with one attached hydrogen (secondary N) is 1. The Hall–Kier alpha value is 0.270. The summed E-state index contributed by atoms with van der Waals surface area (Å²) in [5.41, 5.74) is 0. The molecule has 0 saturated carbocycles. The van der Waals surface area contributed by atoms with E-state index in [4.69, 9.17) is 0 Å². The Balaban J connectivity index is -0.0000000646. The highest BCUT2D eigenvalue weighted by Gasteiger charge is 1.58. The van der Waals surface area contributed by atoms with E-state index in [-0.39, 0.29) is 0 Å². The van der Waals surface area contributed by atoms with Crippen LogP contribution < -0.4 is 5.32 Å². The first-order valence-electron chi connectivity index (χ1n) is 2.79. The van der Waals surface area contributed by atoms with Crippen molar-refractivity contribution in [2.75, 3.05) is 41.5 Å². The van der Waals surface area contributed by atoms with Crippen LogP contribution in [0.2, 0.25) is 0 Å². The van der Waals surface area contributed by atoms with Crippen LogP contribution in [-0.4, -0.2) is 46.4 Å². The van der Waals surface area contributed by atoms with Crippen molar-refractivity contribution >= 4 is 12.6 Å². The summed E-state index contributed by atoms with van der Waals surface area (Å²) in [4.78, 5) is 2.00. The molecule has 0 aliphatic heterocycles. The molecule has 0 fully saturated rings. The van der Waals surface area contributed by atoms with Gasteiger partial charge in [-0.15, -0.1) is 0 Å². The minimum Gasteiger partial charge on any atom is -0.323 e. The third kappa shape index (κ3) is 4460. The maximum Gasteiger partial charge on any atom is -0.0140 e. The molecule has 0 unspecified atom stereocenters. The van der Waals surface area contributed by atoms with Gasteiger partial charge in [0.25, 0.3) is 0 Å². The van der Waals surface area contributed by atoms with Gasteiger partial charge in [0, 0.05) is 0 Å². The Bertz CT molecular complexity index is 22.3. The molecular weight excluding hydrogens is 132 g/mol. The molecule has 0 radical (unpaired) electrons. The molecule has 0 aromatic heterocycles. The summed E-state index contributed by atoms with van der Waals surface area (Å²) in [6, 6.07) is 0. The van der Waals surface area contributed by atoms with E-state index >= 15 is 0 Å². The summed E-state index contributed by atoms with van der Waals surface area (Å²) in [6.07, 6.45) is 1.69. The monoisotopic (exact) mass is 152 g/mol. The van der Waals surface area contributed by atoms with Crippen LogP contribution in [0.1, 0.15) is 0 Å². The summed E-state index contributed by atoms with van der Waals surface area (Å²) in [5, 5.41) is 2.75. The van der Waals surface area contributed by atoms with Crippen molar-refractivity contribution in [2.24, 2.45) is 0 Å². The van der Waals surface area contributed by atoms with E-state index in [1.54, 1.807) is 6.26 Å². The van der Waals surface area contributed by atoms with Crippen LogP contribution in [0.25, 0.3) is 0 Å². The summed E-state index contributed by atoms with van der Waals surface area (Å²) in [7, 11) is 9.75. The first kappa shape index (κ1) is 16.1. The Labute approximate surface area is 65.0 Å². The zero-order valence-corrected chi connectivity index (χ0v) is 8.29. The molecule has 9 heavy (non-hydrogen) atoms. The summed E-state index contributed by atoms with van der Waals surface area (Å²) in [5.74, 6) is 0. The quantitative estimate of drug-likeness (QED) is 0.493. The van der Waals surface area contributed by atoms with Gasteiger partial charge < -0.3 is 10.2 Å². The van der Waals surface area contributed by atoms with E-state index in [2.05, 4.69) is 17.9 Å². The van der Waals surface area contributed by atoms with Crippen molar-refractivity contribution in [1.82, 2.24) is 10.2 Å². The second-order valence-corrected chi connectivity index (χ2v) is 1.84. The Morgan fingerprint density at radius 2 is 1.00 bits per heavy atom. The van der Waals surface area contributed by atoms with Crippen LogP contribution in [0.3, 0.4) is 0 Å². The lowest BCUT2D eigenvalue weighted by atomic mass is 11.0. The molecular formula is C6H20N2S. The zero-order chi connectivity index (χ0) is 8.28. The molecule has 0 bridgehead atoms. The van der Waals surface area contributed by atoms with Crippen molar-refractivity contribution in [3.63, 3.8) is 0 Å². The normalized spacial score (nSPS) is 6.67. The lowest BCUT2D eigenvalue weighted by Crippen LogP contribution is -1.99. The Kier molecular flexibility index (Phi) is 43.0. The molecule has 60 valence electrons. The van der Waals surface area contributed by atoms with Crippen molar-refractivity contribution in [3.8, 4) is 0 Å². The fourth-order valence-electron chi connectivity index (χ4n) is 0. The molecule has 3 heteroatoms. The average molecular weight is 152 g/mol. The first-order valence-corrected chi connectivity index (χ1v) is 3.68. The highest BCUT2D eigenvalue weighted by molar-refractivity contribution is 7.79. The minimum absolute atomic E-state index is 1.69. The second-order valence-electron chi connectivity index (χ2n) is 1.84. The van der Waals surface area contributed by atoms with Crippen molar-refractivity contribution in [3.05, 3.63) is 0 Å². The van der Waals surface area contributed by atoms with Crippen LogP contribution in [0.4, 0.5) is 0 Å². The summed E-state index contributed by atoms with van der Waals surface area (Å²) in [6.45, 7) is 0. The molecule has 0 aromatic rings. The summed E-state index contributed by atoms with van der Waals surface area (Å²) < 4.78 is 0. The van der Waals surface area contributed by atoms with E-state index < -0.39 is 0 Å². The molecule has 0 rings (SSSR count). The number of nitrogens with zero attached hydrogens (tertiary/aromatic N) is 1. The van der Waals surface area contributed by atoms with Crippen LogP contribution >= 0.6 is 12.6 Å². The third-order valence-electron chi connectivity index (χ3n) is 0. The van der Waals surface area contributed by atoms with Gasteiger partial charge in [0.1, 0.15) is 0 Å². The van der Waals surface area contributed by atoms with Gasteiger partial charge in [-0.2, -0.15) is 12.6 Å². The average Bonchev–Trinajstić information content (AvgIpc) is 1.71. The van der Waals surface area contributed by atoms with Gasteiger partial charge in [-0.1, -0.05) is 0 Å². The number of hydrogen-bond acceptors (Lipinski definition) is 3. The smallest absolute Gasteiger partial charge is 0.0140 e. The minimum atomic E-state index is 1.69. The number of hydrogen-bond donors (Lipinski definition) is 2. The SMILES string of the molecule is CN(C)C.CNC.CS. The third-order valence-corrected chi connectivity index (χ3v) is 0. The Morgan fingerprint density at radius 3 is 1.00 bits per heavy atom. The van der Waals surface area contributed by atoms with Crippen LogP contribution in [0, 0.1) is 0 Å². The van der Waals surface area contributed by atoms with Gasteiger partial charge in [-0.05, 0) is 41.5 Å². The van der Waals surface area contributed by atoms with Crippen molar-refractivity contribution in [2.45, 2.75) is 0 Å². The molecule has 0 aliphatic rings. The maximum atomic E-state index is 3.53.